The van der Waals surface area contributed by atoms with Gasteiger partial charge in [0.25, 0.3) is 5.56 Å². The molecule has 0 unspecified atom stereocenters. The smallest absolute Gasteiger partial charge is 0.251 e. The lowest BCUT2D eigenvalue weighted by atomic mass is 9.88. The number of hydrogen-bond acceptors (Lipinski definition) is 2. The van der Waals surface area contributed by atoms with E-state index in [1.165, 1.54) is 0 Å². The van der Waals surface area contributed by atoms with Gasteiger partial charge < -0.3 is 10.3 Å². The van der Waals surface area contributed by atoms with Crippen molar-refractivity contribution in [2.45, 2.75) is 32.6 Å². The normalized spacial score (nSPS) is 11.1. The number of pyridine rings is 1. The average molecular weight is 411 g/mol. The minimum absolute atomic E-state index is 0.0305. The molecule has 1 aromatic heterocycles. The first-order valence-corrected chi connectivity index (χ1v) is 10.6. The van der Waals surface area contributed by atoms with E-state index in [0.29, 0.717) is 18.5 Å². The fraction of sp³-hybridized carbons (Fsp3) is 0.185. The van der Waals surface area contributed by atoms with E-state index in [1.807, 2.05) is 68.4 Å². The van der Waals surface area contributed by atoms with E-state index < -0.39 is 0 Å². The largest absolute Gasteiger partial charge is 0.326 e. The molecule has 0 saturated heterocycles. The van der Waals surface area contributed by atoms with Crippen molar-refractivity contribution in [3.63, 3.8) is 0 Å². The lowest BCUT2D eigenvalue weighted by Gasteiger charge is -2.18. The van der Waals surface area contributed by atoms with E-state index in [2.05, 4.69) is 34.6 Å². The van der Waals surface area contributed by atoms with Crippen LogP contribution in [0.2, 0.25) is 0 Å². The number of aromatic nitrogens is 1. The summed E-state index contributed by atoms with van der Waals surface area (Å²) in [6.45, 7) is 3.95. The van der Waals surface area contributed by atoms with Gasteiger partial charge >= 0.3 is 0 Å². The van der Waals surface area contributed by atoms with Crippen LogP contribution in [0, 0.1) is 6.92 Å². The molecule has 2 N–H and O–H groups in total. The number of aryl methyl sites for hydroxylation is 1. The van der Waals surface area contributed by atoms with Gasteiger partial charge in [-0.15, -0.1) is 0 Å². The van der Waals surface area contributed by atoms with Crippen molar-refractivity contribution in [3.05, 3.63) is 111 Å². The van der Waals surface area contributed by atoms with Crippen LogP contribution in [0.4, 0.5) is 5.69 Å². The van der Waals surface area contributed by atoms with E-state index in [4.69, 9.17) is 0 Å². The SMILES string of the molecule is CCc1c(C)c2ccc(NC(=O)CC(c3ccccc3)c3ccccc3)cc2[nH]c1=O. The third-order valence-electron chi connectivity index (χ3n) is 5.83. The van der Waals surface area contributed by atoms with Crippen LogP contribution in [0.1, 0.15) is 41.5 Å². The highest BCUT2D eigenvalue weighted by Crippen LogP contribution is 2.29. The van der Waals surface area contributed by atoms with Crippen LogP contribution in [0.5, 0.6) is 0 Å². The molecular formula is C27H26N2O2. The molecule has 4 heteroatoms. The van der Waals surface area contributed by atoms with Crippen LogP contribution in [0.3, 0.4) is 0 Å². The molecule has 0 radical (unpaired) electrons. The van der Waals surface area contributed by atoms with Gasteiger partial charge in [0, 0.05) is 29.0 Å². The minimum atomic E-state index is -0.0682. The van der Waals surface area contributed by atoms with E-state index in [1.54, 1.807) is 0 Å². The molecule has 1 heterocycles. The lowest BCUT2D eigenvalue weighted by Crippen LogP contribution is -2.17. The Morgan fingerprint density at radius 1 is 0.935 bits per heavy atom. The molecule has 4 nitrogen and oxygen atoms in total. The Hall–Kier alpha value is -3.66. The highest BCUT2D eigenvalue weighted by atomic mass is 16.1. The van der Waals surface area contributed by atoms with E-state index in [9.17, 15) is 9.59 Å². The summed E-state index contributed by atoms with van der Waals surface area (Å²) >= 11 is 0. The van der Waals surface area contributed by atoms with Crippen molar-refractivity contribution < 1.29 is 4.79 Å². The zero-order valence-electron chi connectivity index (χ0n) is 17.8. The van der Waals surface area contributed by atoms with Crippen LogP contribution >= 0.6 is 0 Å². The zero-order valence-corrected chi connectivity index (χ0v) is 17.8. The van der Waals surface area contributed by atoms with Crippen molar-refractivity contribution in [1.29, 1.82) is 0 Å². The van der Waals surface area contributed by atoms with Crippen molar-refractivity contribution in [2.24, 2.45) is 0 Å². The third kappa shape index (κ3) is 4.43. The maximum absolute atomic E-state index is 13.0. The number of hydrogen-bond donors (Lipinski definition) is 2. The Labute approximate surface area is 182 Å². The quantitative estimate of drug-likeness (QED) is 0.437. The zero-order chi connectivity index (χ0) is 21.8. The maximum atomic E-state index is 13.0. The second-order valence-electron chi connectivity index (χ2n) is 7.80. The highest BCUT2D eigenvalue weighted by Gasteiger charge is 2.18. The third-order valence-corrected chi connectivity index (χ3v) is 5.83. The van der Waals surface area contributed by atoms with Crippen LogP contribution in [-0.4, -0.2) is 10.9 Å². The highest BCUT2D eigenvalue weighted by molar-refractivity contribution is 5.94. The van der Waals surface area contributed by atoms with E-state index in [0.717, 1.165) is 33.2 Å². The molecule has 4 rings (SSSR count). The van der Waals surface area contributed by atoms with Gasteiger partial charge in [0.1, 0.15) is 0 Å². The molecule has 0 bridgehead atoms. The molecule has 4 aromatic rings. The van der Waals surface area contributed by atoms with Crippen LogP contribution in [-0.2, 0) is 11.2 Å². The molecule has 0 aliphatic rings. The predicted octanol–water partition coefficient (Wildman–Crippen LogP) is 5.56. The molecule has 1 amide bonds. The number of carbonyl (C=O) groups excluding carboxylic acids is 1. The number of fused-ring (bicyclic) bond motifs is 1. The molecule has 0 aliphatic heterocycles. The van der Waals surface area contributed by atoms with Gasteiger partial charge in [-0.2, -0.15) is 0 Å². The van der Waals surface area contributed by atoms with Gasteiger partial charge in [-0.05, 0) is 42.2 Å². The second-order valence-corrected chi connectivity index (χ2v) is 7.80. The van der Waals surface area contributed by atoms with Crippen LogP contribution in [0.25, 0.3) is 10.9 Å². The number of aromatic amines is 1. The second kappa shape index (κ2) is 9.00. The molecule has 156 valence electrons. The summed E-state index contributed by atoms with van der Waals surface area (Å²) in [6, 6.07) is 25.9. The summed E-state index contributed by atoms with van der Waals surface area (Å²) in [4.78, 5) is 28.2. The molecular weight excluding hydrogens is 384 g/mol. The van der Waals surface area contributed by atoms with Crippen molar-refractivity contribution >= 4 is 22.5 Å². The number of anilines is 1. The molecule has 3 aromatic carbocycles. The number of nitrogens with one attached hydrogen (secondary N) is 2. The summed E-state index contributed by atoms with van der Waals surface area (Å²) in [5.41, 5.74) is 5.36. The number of carbonyl (C=O) groups is 1. The molecule has 31 heavy (non-hydrogen) atoms. The van der Waals surface area contributed by atoms with E-state index >= 15 is 0 Å². The Bertz CT molecular complexity index is 1220. The monoisotopic (exact) mass is 410 g/mol. The fourth-order valence-electron chi connectivity index (χ4n) is 4.21. The first-order valence-electron chi connectivity index (χ1n) is 10.6. The van der Waals surface area contributed by atoms with Crippen molar-refractivity contribution in [1.82, 2.24) is 4.98 Å². The number of benzene rings is 3. The van der Waals surface area contributed by atoms with Crippen molar-refractivity contribution in [3.8, 4) is 0 Å². The van der Waals surface area contributed by atoms with Crippen LogP contribution < -0.4 is 10.9 Å². The first kappa shape index (κ1) is 20.6. The predicted molar refractivity (Wildman–Crippen MR) is 127 cm³/mol. The summed E-state index contributed by atoms with van der Waals surface area (Å²) in [6.07, 6.45) is 1.02. The van der Waals surface area contributed by atoms with Gasteiger partial charge in [-0.3, -0.25) is 9.59 Å². The van der Waals surface area contributed by atoms with Gasteiger partial charge in [-0.25, -0.2) is 0 Å². The molecule has 0 aliphatic carbocycles. The Kier molecular flexibility index (Phi) is 5.99. The Balaban J connectivity index is 1.59. The standard InChI is InChI=1S/C27H26N2O2/c1-3-22-18(2)23-15-14-21(16-25(23)29-27(22)31)28-26(30)17-24(19-10-6-4-7-11-19)20-12-8-5-9-13-20/h4-16,24H,3,17H2,1-2H3,(H,28,30)(H,29,31). The first-order chi connectivity index (χ1) is 15.1. The summed E-state index contributed by atoms with van der Waals surface area (Å²) < 4.78 is 0. The number of rotatable bonds is 6. The topological polar surface area (TPSA) is 62.0 Å². The lowest BCUT2D eigenvalue weighted by molar-refractivity contribution is -0.116. The minimum Gasteiger partial charge on any atom is -0.326 e. The number of amides is 1. The van der Waals surface area contributed by atoms with Gasteiger partial charge in [0.15, 0.2) is 0 Å². The molecule has 0 fully saturated rings. The molecule has 0 saturated carbocycles. The Morgan fingerprint density at radius 3 is 2.13 bits per heavy atom. The van der Waals surface area contributed by atoms with Crippen molar-refractivity contribution in [2.75, 3.05) is 5.32 Å². The summed E-state index contributed by atoms with van der Waals surface area (Å²) in [7, 11) is 0. The van der Waals surface area contributed by atoms with Gasteiger partial charge in [0.05, 0.1) is 5.52 Å². The summed E-state index contributed by atoms with van der Waals surface area (Å²) in [5, 5.41) is 4.01. The fourth-order valence-corrected chi connectivity index (χ4v) is 4.21. The Morgan fingerprint density at radius 2 is 1.55 bits per heavy atom. The maximum Gasteiger partial charge on any atom is 0.251 e. The van der Waals surface area contributed by atoms with Crippen LogP contribution in [0.15, 0.2) is 83.7 Å². The molecule has 0 spiro atoms. The van der Waals surface area contributed by atoms with E-state index in [-0.39, 0.29) is 17.4 Å². The van der Waals surface area contributed by atoms with Gasteiger partial charge in [0.2, 0.25) is 5.91 Å². The average Bonchev–Trinajstić information content (AvgIpc) is 2.79. The van der Waals surface area contributed by atoms with Gasteiger partial charge in [-0.1, -0.05) is 73.7 Å². The summed E-state index contributed by atoms with van der Waals surface area (Å²) in [5.74, 6) is -0.0988. The number of H-pyrrole nitrogens is 1. The molecule has 0 atom stereocenters.